The van der Waals surface area contributed by atoms with Crippen molar-refractivity contribution in [2.45, 2.75) is 26.7 Å². The molecule has 2 N–H and O–H groups in total. The number of anilines is 2. The molecule has 0 spiro atoms. The van der Waals surface area contributed by atoms with Gasteiger partial charge in [0.25, 0.3) is 5.91 Å². The standard InChI is InChI=1S/C22H20N4O3S2/c1-3-14-4-6-15(7-5-14)18-12-31-22(24-18)25-19(27)10-16-11-30-21(23-16)26-20(28)17-8-9-29-13(17)2/h4-9,11-12H,3,10H2,1-2H3,(H,23,26,28)(H,24,25,27). The molecule has 0 radical (unpaired) electrons. The first-order chi connectivity index (χ1) is 15.0. The number of aryl methyl sites for hydroxylation is 2. The summed E-state index contributed by atoms with van der Waals surface area (Å²) in [4.78, 5) is 33.4. The zero-order chi connectivity index (χ0) is 21.8. The molecular formula is C22H20N4O3S2. The Hall–Kier alpha value is -3.30. The molecule has 158 valence electrons. The molecule has 0 bridgehead atoms. The number of carbonyl (C=O) groups is 2. The molecule has 0 aliphatic carbocycles. The second kappa shape index (κ2) is 9.23. The topological polar surface area (TPSA) is 97.1 Å². The second-order valence-electron chi connectivity index (χ2n) is 6.80. The number of benzene rings is 1. The lowest BCUT2D eigenvalue weighted by Gasteiger charge is -2.01. The Bertz CT molecular complexity index is 1210. The normalized spacial score (nSPS) is 10.8. The monoisotopic (exact) mass is 452 g/mol. The van der Waals surface area contributed by atoms with Gasteiger partial charge in [-0.2, -0.15) is 0 Å². The number of rotatable bonds is 7. The van der Waals surface area contributed by atoms with Gasteiger partial charge < -0.3 is 9.73 Å². The first kappa shape index (κ1) is 21.0. The summed E-state index contributed by atoms with van der Waals surface area (Å²) in [5.41, 5.74) is 4.15. The number of nitrogens with one attached hydrogen (secondary N) is 2. The van der Waals surface area contributed by atoms with Gasteiger partial charge in [-0.05, 0) is 25.0 Å². The maximum atomic E-state index is 12.4. The van der Waals surface area contributed by atoms with E-state index in [1.807, 2.05) is 17.5 Å². The summed E-state index contributed by atoms with van der Waals surface area (Å²) in [5, 5.41) is 10.2. The minimum absolute atomic E-state index is 0.0945. The van der Waals surface area contributed by atoms with E-state index >= 15 is 0 Å². The number of hydrogen-bond donors (Lipinski definition) is 2. The van der Waals surface area contributed by atoms with E-state index in [1.165, 1.54) is 34.5 Å². The van der Waals surface area contributed by atoms with Gasteiger partial charge in [0.1, 0.15) is 5.76 Å². The van der Waals surface area contributed by atoms with Crippen molar-refractivity contribution in [1.82, 2.24) is 9.97 Å². The average Bonchev–Trinajstić information content (AvgIpc) is 3.50. The quantitative estimate of drug-likeness (QED) is 0.403. The summed E-state index contributed by atoms with van der Waals surface area (Å²) in [7, 11) is 0. The van der Waals surface area contributed by atoms with Crippen LogP contribution in [0.25, 0.3) is 11.3 Å². The Morgan fingerprint density at radius 1 is 1.00 bits per heavy atom. The highest BCUT2D eigenvalue weighted by molar-refractivity contribution is 7.14. The largest absolute Gasteiger partial charge is 0.469 e. The van der Waals surface area contributed by atoms with Crippen LogP contribution in [0, 0.1) is 6.92 Å². The third-order valence-corrected chi connectivity index (χ3v) is 6.19. The van der Waals surface area contributed by atoms with Crippen molar-refractivity contribution in [3.63, 3.8) is 0 Å². The molecule has 2 amide bonds. The lowest BCUT2D eigenvalue weighted by atomic mass is 10.1. The smallest absolute Gasteiger partial charge is 0.260 e. The molecule has 9 heteroatoms. The molecule has 0 aliphatic heterocycles. The first-order valence-electron chi connectivity index (χ1n) is 9.66. The molecule has 3 aromatic heterocycles. The van der Waals surface area contributed by atoms with Gasteiger partial charge >= 0.3 is 0 Å². The molecule has 31 heavy (non-hydrogen) atoms. The fourth-order valence-corrected chi connectivity index (χ4v) is 4.37. The van der Waals surface area contributed by atoms with E-state index < -0.39 is 0 Å². The van der Waals surface area contributed by atoms with E-state index in [-0.39, 0.29) is 18.2 Å². The predicted octanol–water partition coefficient (Wildman–Crippen LogP) is 5.16. The van der Waals surface area contributed by atoms with Crippen LogP contribution in [0.2, 0.25) is 0 Å². The Morgan fingerprint density at radius 2 is 1.74 bits per heavy atom. The lowest BCUT2D eigenvalue weighted by Crippen LogP contribution is -2.15. The number of carbonyl (C=O) groups excluding carboxylic acids is 2. The Morgan fingerprint density at radius 3 is 2.45 bits per heavy atom. The minimum atomic E-state index is -0.293. The van der Waals surface area contributed by atoms with E-state index in [2.05, 4.69) is 39.7 Å². The van der Waals surface area contributed by atoms with Crippen LogP contribution in [0.4, 0.5) is 10.3 Å². The molecule has 0 fully saturated rings. The molecule has 4 rings (SSSR count). The number of amides is 2. The minimum Gasteiger partial charge on any atom is -0.469 e. The SMILES string of the molecule is CCc1ccc(-c2csc(NC(=O)Cc3csc(NC(=O)c4ccoc4C)n3)n2)cc1. The molecule has 0 aliphatic rings. The fourth-order valence-electron chi connectivity index (χ4n) is 2.93. The zero-order valence-corrected chi connectivity index (χ0v) is 18.6. The van der Waals surface area contributed by atoms with Gasteiger partial charge in [0.05, 0.1) is 29.6 Å². The van der Waals surface area contributed by atoms with E-state index in [9.17, 15) is 9.59 Å². The van der Waals surface area contributed by atoms with Crippen LogP contribution in [0.3, 0.4) is 0 Å². The van der Waals surface area contributed by atoms with E-state index in [4.69, 9.17) is 4.42 Å². The van der Waals surface area contributed by atoms with Crippen molar-refractivity contribution < 1.29 is 14.0 Å². The predicted molar refractivity (Wildman–Crippen MR) is 123 cm³/mol. The van der Waals surface area contributed by atoms with Crippen molar-refractivity contribution in [2.75, 3.05) is 10.6 Å². The summed E-state index contributed by atoms with van der Waals surface area (Å²) >= 11 is 2.65. The number of nitrogens with zero attached hydrogens (tertiary/aromatic N) is 2. The van der Waals surface area contributed by atoms with Crippen LogP contribution in [0.1, 0.15) is 34.3 Å². The highest BCUT2D eigenvalue weighted by Gasteiger charge is 2.15. The van der Waals surface area contributed by atoms with E-state index in [0.29, 0.717) is 27.3 Å². The van der Waals surface area contributed by atoms with Crippen molar-refractivity contribution in [3.05, 3.63) is 69.9 Å². The van der Waals surface area contributed by atoms with Crippen molar-refractivity contribution in [3.8, 4) is 11.3 Å². The van der Waals surface area contributed by atoms with Crippen LogP contribution in [-0.2, 0) is 17.6 Å². The molecule has 4 aromatic rings. The third-order valence-electron chi connectivity index (χ3n) is 4.63. The summed E-state index contributed by atoms with van der Waals surface area (Å²) < 4.78 is 5.14. The Labute approximate surface area is 187 Å². The number of aromatic nitrogens is 2. The fraction of sp³-hybridized carbons (Fsp3) is 0.182. The molecule has 0 saturated heterocycles. The van der Waals surface area contributed by atoms with Crippen LogP contribution in [0.5, 0.6) is 0 Å². The third kappa shape index (κ3) is 5.07. The summed E-state index contributed by atoms with van der Waals surface area (Å²) in [6, 6.07) is 9.84. The molecule has 3 heterocycles. The molecule has 7 nitrogen and oxygen atoms in total. The molecule has 0 saturated carbocycles. The molecule has 0 atom stereocenters. The summed E-state index contributed by atoms with van der Waals surface area (Å²) in [5.74, 6) is 0.0350. The van der Waals surface area contributed by atoms with Gasteiger partial charge in [-0.1, -0.05) is 31.2 Å². The molecular weight excluding hydrogens is 432 g/mol. The van der Waals surface area contributed by atoms with Crippen LogP contribution in [0.15, 0.2) is 51.8 Å². The summed E-state index contributed by atoms with van der Waals surface area (Å²) in [6.07, 6.45) is 2.55. The van der Waals surface area contributed by atoms with Crippen molar-refractivity contribution in [2.24, 2.45) is 0 Å². The maximum Gasteiger partial charge on any atom is 0.260 e. The first-order valence-corrected chi connectivity index (χ1v) is 11.4. The highest BCUT2D eigenvalue weighted by atomic mass is 32.1. The molecule has 0 unspecified atom stereocenters. The van der Waals surface area contributed by atoms with Gasteiger partial charge in [-0.15, -0.1) is 22.7 Å². The van der Waals surface area contributed by atoms with Gasteiger partial charge in [-0.3, -0.25) is 14.9 Å². The van der Waals surface area contributed by atoms with Gasteiger partial charge in [-0.25, -0.2) is 9.97 Å². The van der Waals surface area contributed by atoms with E-state index in [0.717, 1.165) is 17.7 Å². The number of thiazole rings is 2. The van der Waals surface area contributed by atoms with Crippen LogP contribution in [-0.4, -0.2) is 21.8 Å². The van der Waals surface area contributed by atoms with Crippen LogP contribution >= 0.6 is 22.7 Å². The van der Waals surface area contributed by atoms with Crippen molar-refractivity contribution >= 4 is 44.8 Å². The lowest BCUT2D eigenvalue weighted by molar-refractivity contribution is -0.115. The zero-order valence-electron chi connectivity index (χ0n) is 17.0. The van der Waals surface area contributed by atoms with E-state index in [1.54, 1.807) is 18.4 Å². The maximum absolute atomic E-state index is 12.4. The van der Waals surface area contributed by atoms with Crippen molar-refractivity contribution in [1.29, 1.82) is 0 Å². The number of hydrogen-bond acceptors (Lipinski definition) is 7. The van der Waals surface area contributed by atoms with Gasteiger partial charge in [0.2, 0.25) is 5.91 Å². The second-order valence-corrected chi connectivity index (χ2v) is 8.52. The summed E-state index contributed by atoms with van der Waals surface area (Å²) in [6.45, 7) is 3.84. The Kier molecular flexibility index (Phi) is 6.24. The van der Waals surface area contributed by atoms with Crippen LogP contribution < -0.4 is 10.6 Å². The Balaban J connectivity index is 1.33. The highest BCUT2D eigenvalue weighted by Crippen LogP contribution is 2.25. The average molecular weight is 453 g/mol. The molecule has 1 aromatic carbocycles. The number of furan rings is 1. The van der Waals surface area contributed by atoms with Gasteiger partial charge in [0, 0.05) is 16.3 Å². The van der Waals surface area contributed by atoms with Gasteiger partial charge in [0.15, 0.2) is 10.3 Å².